The molecule has 6 N–H and O–H groups in total. The fourth-order valence-electron chi connectivity index (χ4n) is 14.2. The summed E-state index contributed by atoms with van der Waals surface area (Å²) in [6.07, 6.45) is 23.4. The molecule has 0 aliphatic heterocycles. The molecule has 6 aromatic carbocycles. The molecule has 0 amide bonds. The number of benzene rings is 6. The maximum absolute atomic E-state index is 12.3. The highest BCUT2D eigenvalue weighted by Gasteiger charge is 2.31. The predicted molar refractivity (Wildman–Crippen MR) is 296 cm³/mol. The summed E-state index contributed by atoms with van der Waals surface area (Å²) in [6.45, 7) is 8.27. The van der Waals surface area contributed by atoms with Gasteiger partial charge in [-0.1, -0.05) is 113 Å². The number of hydrogen-bond donors (Lipinski definition) is 6. The van der Waals surface area contributed by atoms with Crippen molar-refractivity contribution in [1.82, 2.24) is 0 Å². The van der Waals surface area contributed by atoms with Crippen molar-refractivity contribution in [2.24, 2.45) is 0 Å². The Morgan fingerprint density at radius 3 is 1.25 bits per heavy atom. The first-order chi connectivity index (χ1) is 35.3. The summed E-state index contributed by atoms with van der Waals surface area (Å²) in [5, 5.41) is 70.7. The molecule has 10 rings (SSSR count). The van der Waals surface area contributed by atoms with Crippen LogP contribution < -0.4 is 0 Å². The SMILES string of the molecule is Cc1cc(O)c(C2CCCCC2)cc1Cc1c(O)ccc(Cc2ccc(O)c(C(c3cc(C4CCCCC4)c(O)cc3C)c3cc(C4CCCCC4)c(O)cc3C)c2)c1-c1cc(C2CCCCC2)c(O)cc1C. The molecule has 0 saturated heterocycles. The first-order valence-corrected chi connectivity index (χ1v) is 28.3. The molecule has 0 atom stereocenters. The van der Waals surface area contributed by atoms with Crippen molar-refractivity contribution in [1.29, 1.82) is 0 Å². The fraction of sp³-hybridized carbons (Fsp3) is 0.463. The van der Waals surface area contributed by atoms with Gasteiger partial charge in [-0.05, 0) is 235 Å². The van der Waals surface area contributed by atoms with Gasteiger partial charge in [0.2, 0.25) is 0 Å². The Kier molecular flexibility index (Phi) is 15.2. The predicted octanol–water partition coefficient (Wildman–Crippen LogP) is 17.4. The van der Waals surface area contributed by atoms with E-state index in [9.17, 15) is 30.6 Å². The minimum atomic E-state index is -0.395. The van der Waals surface area contributed by atoms with Crippen molar-refractivity contribution in [3.05, 3.63) is 162 Å². The number of phenols is 6. The molecule has 4 saturated carbocycles. The number of hydrogen-bond acceptors (Lipinski definition) is 6. The first kappa shape index (κ1) is 50.6. The lowest BCUT2D eigenvalue weighted by molar-refractivity contribution is 0.413. The van der Waals surface area contributed by atoms with Crippen molar-refractivity contribution in [3.63, 3.8) is 0 Å². The van der Waals surface area contributed by atoms with Gasteiger partial charge in [-0.2, -0.15) is 0 Å². The summed E-state index contributed by atoms with van der Waals surface area (Å²) >= 11 is 0. The smallest absolute Gasteiger partial charge is 0.119 e. The zero-order chi connectivity index (χ0) is 50.9. The lowest BCUT2D eigenvalue weighted by Crippen LogP contribution is -2.13. The van der Waals surface area contributed by atoms with Gasteiger partial charge in [0.25, 0.3) is 0 Å². The Labute approximate surface area is 435 Å². The molecule has 4 aliphatic rings. The minimum Gasteiger partial charge on any atom is -0.508 e. The number of phenolic OH excluding ortho intramolecular Hbond substituents is 6. The Hall–Kier alpha value is -5.88. The highest BCUT2D eigenvalue weighted by Crippen LogP contribution is 2.50. The van der Waals surface area contributed by atoms with E-state index < -0.39 is 5.92 Å². The van der Waals surface area contributed by atoms with Crippen LogP contribution >= 0.6 is 0 Å². The van der Waals surface area contributed by atoms with E-state index in [1.54, 1.807) is 0 Å². The number of aryl methyl sites for hydroxylation is 4. The van der Waals surface area contributed by atoms with E-state index >= 15 is 0 Å². The second kappa shape index (κ2) is 21.9. The Balaban J connectivity index is 1.14. The van der Waals surface area contributed by atoms with Gasteiger partial charge in [-0.25, -0.2) is 0 Å². The van der Waals surface area contributed by atoms with Crippen LogP contribution in [0.5, 0.6) is 34.5 Å². The molecule has 6 nitrogen and oxygen atoms in total. The Morgan fingerprint density at radius 1 is 0.356 bits per heavy atom. The molecule has 0 bridgehead atoms. The van der Waals surface area contributed by atoms with E-state index in [1.165, 1.54) is 25.7 Å². The molecular formula is C67H80O6. The third-order valence-electron chi connectivity index (χ3n) is 18.3. The van der Waals surface area contributed by atoms with Gasteiger partial charge >= 0.3 is 0 Å². The lowest BCUT2D eigenvalue weighted by Gasteiger charge is -2.29. The fourth-order valence-corrected chi connectivity index (χ4v) is 14.2. The topological polar surface area (TPSA) is 121 Å². The van der Waals surface area contributed by atoms with Gasteiger partial charge < -0.3 is 30.6 Å². The molecule has 0 radical (unpaired) electrons. The third-order valence-corrected chi connectivity index (χ3v) is 18.3. The second-order valence-electron chi connectivity index (χ2n) is 23.2. The molecule has 4 aliphatic carbocycles. The third kappa shape index (κ3) is 10.6. The Morgan fingerprint density at radius 2 is 0.767 bits per heavy atom. The molecule has 6 aromatic rings. The largest absolute Gasteiger partial charge is 0.508 e. The van der Waals surface area contributed by atoms with Crippen LogP contribution in [0.15, 0.2) is 78.9 Å². The van der Waals surface area contributed by atoms with Crippen LogP contribution in [0.2, 0.25) is 0 Å². The Bertz CT molecular complexity index is 2880. The number of aromatic hydroxyl groups is 6. The molecule has 0 unspecified atom stereocenters. The average molecular weight is 981 g/mol. The van der Waals surface area contributed by atoms with Crippen LogP contribution in [0.1, 0.15) is 241 Å². The normalized spacial score (nSPS) is 17.7. The van der Waals surface area contributed by atoms with Crippen molar-refractivity contribution in [2.45, 2.75) is 199 Å². The minimum absolute atomic E-state index is 0.196. The molecular weight excluding hydrogens is 901 g/mol. The lowest BCUT2D eigenvalue weighted by atomic mass is 9.75. The van der Waals surface area contributed by atoms with E-state index in [0.29, 0.717) is 41.8 Å². The van der Waals surface area contributed by atoms with E-state index in [-0.39, 0.29) is 29.3 Å². The molecule has 0 heterocycles. The molecule has 0 spiro atoms. The van der Waals surface area contributed by atoms with Crippen LogP contribution in [0.4, 0.5) is 0 Å². The monoisotopic (exact) mass is 981 g/mol. The van der Waals surface area contributed by atoms with Gasteiger partial charge in [0.15, 0.2) is 0 Å². The van der Waals surface area contributed by atoms with Crippen molar-refractivity contribution < 1.29 is 30.6 Å². The molecule has 6 heteroatoms. The summed E-state index contributed by atoms with van der Waals surface area (Å²) in [7, 11) is 0. The molecule has 0 aromatic heterocycles. The second-order valence-corrected chi connectivity index (χ2v) is 23.2. The number of rotatable bonds is 12. The summed E-state index contributed by atoms with van der Waals surface area (Å²) in [5.74, 6) is 2.50. The molecule has 4 fully saturated rings. The highest BCUT2D eigenvalue weighted by atomic mass is 16.3. The zero-order valence-corrected chi connectivity index (χ0v) is 44.1. The van der Waals surface area contributed by atoms with Gasteiger partial charge in [-0.3, -0.25) is 0 Å². The van der Waals surface area contributed by atoms with Crippen LogP contribution in [0, 0.1) is 27.7 Å². The van der Waals surface area contributed by atoms with Crippen molar-refractivity contribution in [3.8, 4) is 45.6 Å². The van der Waals surface area contributed by atoms with Crippen molar-refractivity contribution in [2.75, 3.05) is 0 Å². The van der Waals surface area contributed by atoms with Crippen LogP contribution in [-0.2, 0) is 12.8 Å². The van der Waals surface area contributed by atoms with E-state index in [4.69, 9.17) is 0 Å². The standard InChI is InChI=1S/C67H80O6/c1-40-29-62(70)54(45-17-9-5-10-18-45)35-50(40)36-59-61(69)28-26-49(66(59)51-37-55(63(71)30-41(51)2)46-19-11-6-12-20-46)33-44-25-27-60(68)58(34-44)67(52-38-56(64(72)31-42(52)3)47-21-13-7-14-22-47)53-39-57(65(73)32-43(53)4)48-23-15-8-16-24-48/h25-32,34-35,37-39,45-48,67-73H,5-24,33,36H2,1-4H3. The summed E-state index contributed by atoms with van der Waals surface area (Å²) in [4.78, 5) is 0. The van der Waals surface area contributed by atoms with Gasteiger partial charge in [0.05, 0.1) is 0 Å². The zero-order valence-electron chi connectivity index (χ0n) is 44.1. The summed E-state index contributed by atoms with van der Waals surface area (Å²) < 4.78 is 0. The molecule has 384 valence electrons. The van der Waals surface area contributed by atoms with Gasteiger partial charge in [0.1, 0.15) is 34.5 Å². The van der Waals surface area contributed by atoms with Gasteiger partial charge in [-0.15, -0.1) is 0 Å². The van der Waals surface area contributed by atoms with Crippen LogP contribution in [0.3, 0.4) is 0 Å². The van der Waals surface area contributed by atoms with Crippen LogP contribution in [-0.4, -0.2) is 30.6 Å². The van der Waals surface area contributed by atoms with Gasteiger partial charge in [0, 0.05) is 23.5 Å². The van der Waals surface area contributed by atoms with Crippen LogP contribution in [0.25, 0.3) is 11.1 Å². The quantitative estimate of drug-likeness (QED) is 0.0680. The summed E-state index contributed by atoms with van der Waals surface area (Å²) in [6, 6.07) is 26.5. The van der Waals surface area contributed by atoms with E-state index in [0.717, 1.165) is 197 Å². The van der Waals surface area contributed by atoms with E-state index in [1.807, 2.05) is 42.5 Å². The molecule has 73 heavy (non-hydrogen) atoms. The maximum Gasteiger partial charge on any atom is 0.119 e. The maximum atomic E-state index is 12.3. The highest BCUT2D eigenvalue weighted by molar-refractivity contribution is 5.79. The summed E-state index contributed by atoms with van der Waals surface area (Å²) in [5.41, 5.74) is 16.6. The first-order valence-electron chi connectivity index (χ1n) is 28.3. The van der Waals surface area contributed by atoms with E-state index in [2.05, 4.69) is 64.1 Å². The van der Waals surface area contributed by atoms with Crippen molar-refractivity contribution >= 4 is 0 Å². The average Bonchev–Trinajstić information content (AvgIpc) is 3.39.